The number of ether oxygens (including phenoxy) is 2. The molecule has 0 N–H and O–H groups in total. The standard InChI is InChI=1S/C6H12O2.C3H10O3Si/c1-2-3-7-4-6-5-8-6;1-4-7(5-2)6-3/h6H,2-5H2,1H3;7H,1-3H3. The summed E-state index contributed by atoms with van der Waals surface area (Å²) >= 11 is 0. The van der Waals surface area contributed by atoms with Crippen LogP contribution in [0.15, 0.2) is 0 Å². The second-order valence-corrected chi connectivity index (χ2v) is 5.02. The molecule has 1 rings (SSSR count). The fourth-order valence-electron chi connectivity index (χ4n) is 0.812. The molecule has 0 spiro atoms. The van der Waals surface area contributed by atoms with Gasteiger partial charge in [-0.25, -0.2) is 0 Å². The molecule has 15 heavy (non-hydrogen) atoms. The summed E-state index contributed by atoms with van der Waals surface area (Å²) in [5, 5.41) is 0. The quantitative estimate of drug-likeness (QED) is 0.366. The normalized spacial score (nSPS) is 18.6. The smallest absolute Gasteiger partial charge is 0.379 e. The first-order chi connectivity index (χ1) is 7.28. The van der Waals surface area contributed by atoms with Gasteiger partial charge in [-0.3, -0.25) is 0 Å². The Balaban J connectivity index is 0.000000265. The average Bonchev–Trinajstić information content (AvgIpc) is 3.06. The minimum atomic E-state index is -1.67. The first-order valence-electron chi connectivity index (χ1n) is 5.06. The molecular formula is C9H22O5Si. The number of epoxide rings is 1. The van der Waals surface area contributed by atoms with Crippen LogP contribution in [0.4, 0.5) is 0 Å². The first kappa shape index (κ1) is 15.0. The van der Waals surface area contributed by atoms with Crippen molar-refractivity contribution in [2.75, 3.05) is 41.2 Å². The van der Waals surface area contributed by atoms with Crippen LogP contribution in [0.25, 0.3) is 0 Å². The zero-order chi connectivity index (χ0) is 11.5. The fourth-order valence-corrected chi connectivity index (χ4v) is 1.39. The molecule has 0 aromatic rings. The summed E-state index contributed by atoms with van der Waals surface area (Å²) in [6, 6.07) is 0. The van der Waals surface area contributed by atoms with Gasteiger partial charge in [0.2, 0.25) is 0 Å². The molecule has 0 aromatic carbocycles. The van der Waals surface area contributed by atoms with E-state index in [0.717, 1.165) is 26.2 Å². The SMILES string of the molecule is CCCOCC1CO1.CO[SiH](OC)OC. The molecule has 0 amide bonds. The minimum Gasteiger partial charge on any atom is -0.379 e. The summed E-state index contributed by atoms with van der Waals surface area (Å²) in [6.45, 7) is 4.69. The predicted molar refractivity (Wildman–Crippen MR) is 59.0 cm³/mol. The van der Waals surface area contributed by atoms with Gasteiger partial charge in [-0.2, -0.15) is 0 Å². The van der Waals surface area contributed by atoms with Crippen molar-refractivity contribution in [3.8, 4) is 0 Å². The third-order valence-electron chi connectivity index (χ3n) is 1.63. The van der Waals surface area contributed by atoms with E-state index in [1.807, 2.05) is 0 Å². The van der Waals surface area contributed by atoms with Gasteiger partial charge in [0.25, 0.3) is 0 Å². The summed E-state index contributed by atoms with van der Waals surface area (Å²) in [7, 11) is 3.05. The molecule has 0 saturated carbocycles. The molecule has 1 unspecified atom stereocenters. The van der Waals surface area contributed by atoms with Crippen LogP contribution in [0.3, 0.4) is 0 Å². The molecule has 0 aliphatic carbocycles. The average molecular weight is 238 g/mol. The van der Waals surface area contributed by atoms with Crippen molar-refractivity contribution in [2.24, 2.45) is 0 Å². The van der Waals surface area contributed by atoms with Crippen molar-refractivity contribution in [2.45, 2.75) is 19.4 Å². The number of hydrogen-bond acceptors (Lipinski definition) is 5. The topological polar surface area (TPSA) is 49.5 Å². The Bertz CT molecular complexity index is 122. The van der Waals surface area contributed by atoms with Gasteiger partial charge in [0, 0.05) is 27.9 Å². The Morgan fingerprint density at radius 1 is 1.20 bits per heavy atom. The van der Waals surface area contributed by atoms with Gasteiger partial charge in [0.15, 0.2) is 0 Å². The molecule has 92 valence electrons. The van der Waals surface area contributed by atoms with Crippen molar-refractivity contribution >= 4 is 9.53 Å². The lowest BCUT2D eigenvalue weighted by Gasteiger charge is -2.05. The van der Waals surface area contributed by atoms with Crippen LogP contribution in [-0.2, 0) is 22.8 Å². The molecule has 1 heterocycles. The van der Waals surface area contributed by atoms with Crippen molar-refractivity contribution in [1.29, 1.82) is 0 Å². The molecule has 5 nitrogen and oxygen atoms in total. The summed E-state index contributed by atoms with van der Waals surface area (Å²) in [5.41, 5.74) is 0. The van der Waals surface area contributed by atoms with E-state index >= 15 is 0 Å². The highest BCUT2D eigenvalue weighted by molar-refractivity contribution is 6.36. The zero-order valence-electron chi connectivity index (χ0n) is 10.0. The van der Waals surface area contributed by atoms with Crippen LogP contribution in [0, 0.1) is 0 Å². The molecule has 0 radical (unpaired) electrons. The molecule has 1 aliphatic rings. The van der Waals surface area contributed by atoms with Crippen molar-refractivity contribution in [3.05, 3.63) is 0 Å². The molecule has 1 atom stereocenters. The maximum atomic E-state index is 5.18. The van der Waals surface area contributed by atoms with E-state index in [4.69, 9.17) is 22.8 Å². The van der Waals surface area contributed by atoms with E-state index in [9.17, 15) is 0 Å². The van der Waals surface area contributed by atoms with Crippen LogP contribution in [0.2, 0.25) is 0 Å². The van der Waals surface area contributed by atoms with Gasteiger partial charge in [-0.05, 0) is 6.42 Å². The van der Waals surface area contributed by atoms with Crippen molar-refractivity contribution < 1.29 is 22.8 Å². The van der Waals surface area contributed by atoms with Crippen LogP contribution >= 0.6 is 0 Å². The van der Waals surface area contributed by atoms with Gasteiger partial charge in [-0.15, -0.1) is 0 Å². The summed E-state index contributed by atoms with van der Waals surface area (Å²) in [5.74, 6) is 0. The number of hydrogen-bond donors (Lipinski definition) is 0. The molecule has 6 heteroatoms. The summed E-state index contributed by atoms with van der Waals surface area (Å²) in [4.78, 5) is 0. The lowest BCUT2D eigenvalue weighted by Crippen LogP contribution is -2.21. The Hall–Kier alpha value is 0.0169. The molecular weight excluding hydrogens is 216 g/mol. The fraction of sp³-hybridized carbons (Fsp3) is 1.00. The third kappa shape index (κ3) is 10.3. The lowest BCUT2D eigenvalue weighted by atomic mass is 10.5. The van der Waals surface area contributed by atoms with Gasteiger partial charge in [0.1, 0.15) is 6.10 Å². The van der Waals surface area contributed by atoms with E-state index < -0.39 is 9.53 Å². The van der Waals surface area contributed by atoms with E-state index in [1.165, 1.54) is 0 Å². The van der Waals surface area contributed by atoms with E-state index in [2.05, 4.69) is 6.92 Å². The maximum Gasteiger partial charge on any atom is 0.483 e. The largest absolute Gasteiger partial charge is 0.483 e. The maximum absolute atomic E-state index is 5.18. The van der Waals surface area contributed by atoms with Gasteiger partial charge in [-0.1, -0.05) is 6.92 Å². The minimum absolute atomic E-state index is 0.432. The summed E-state index contributed by atoms with van der Waals surface area (Å²) in [6.07, 6.45) is 1.54. The highest BCUT2D eigenvalue weighted by Gasteiger charge is 2.21. The van der Waals surface area contributed by atoms with Crippen LogP contribution in [0.1, 0.15) is 13.3 Å². The molecule has 0 aromatic heterocycles. The second kappa shape index (κ2) is 10.5. The van der Waals surface area contributed by atoms with E-state index in [1.54, 1.807) is 21.3 Å². The van der Waals surface area contributed by atoms with Gasteiger partial charge >= 0.3 is 9.53 Å². The Morgan fingerprint density at radius 2 is 1.73 bits per heavy atom. The van der Waals surface area contributed by atoms with Gasteiger partial charge < -0.3 is 22.8 Å². The lowest BCUT2D eigenvalue weighted by molar-refractivity contribution is 0.117. The van der Waals surface area contributed by atoms with Crippen LogP contribution < -0.4 is 0 Å². The summed E-state index contributed by atoms with van der Waals surface area (Å²) < 4.78 is 24.3. The van der Waals surface area contributed by atoms with Crippen LogP contribution in [-0.4, -0.2) is 56.8 Å². The molecule has 1 fully saturated rings. The van der Waals surface area contributed by atoms with Crippen molar-refractivity contribution in [3.63, 3.8) is 0 Å². The van der Waals surface area contributed by atoms with Gasteiger partial charge in [0.05, 0.1) is 13.2 Å². The predicted octanol–water partition coefficient (Wildman–Crippen LogP) is 0.455. The van der Waals surface area contributed by atoms with E-state index in [-0.39, 0.29) is 0 Å². The van der Waals surface area contributed by atoms with Crippen molar-refractivity contribution in [1.82, 2.24) is 0 Å². The third-order valence-corrected chi connectivity index (χ3v) is 2.79. The Morgan fingerprint density at radius 3 is 2.00 bits per heavy atom. The monoisotopic (exact) mass is 238 g/mol. The Labute approximate surface area is 93.6 Å². The highest BCUT2D eigenvalue weighted by Crippen LogP contribution is 2.08. The van der Waals surface area contributed by atoms with Crippen LogP contribution in [0.5, 0.6) is 0 Å². The second-order valence-electron chi connectivity index (χ2n) is 3.03. The molecule has 1 aliphatic heterocycles. The Kier molecular flexibility index (Phi) is 10.5. The molecule has 0 bridgehead atoms. The number of rotatable bonds is 7. The zero-order valence-corrected chi connectivity index (χ0v) is 11.2. The first-order valence-corrected chi connectivity index (χ1v) is 6.47. The van der Waals surface area contributed by atoms with E-state index in [0.29, 0.717) is 6.10 Å². The highest BCUT2D eigenvalue weighted by atomic mass is 28.3. The molecule has 1 saturated heterocycles.